The molecule has 0 aliphatic heterocycles. The van der Waals surface area contributed by atoms with Gasteiger partial charge in [-0.15, -0.1) is 11.3 Å². The van der Waals surface area contributed by atoms with Crippen LogP contribution in [0.15, 0.2) is 72.2 Å². The molecule has 0 saturated carbocycles. The molecule has 156 valence electrons. The van der Waals surface area contributed by atoms with E-state index in [2.05, 4.69) is 15.6 Å². The lowest BCUT2D eigenvalue weighted by Gasteiger charge is -2.12. The molecule has 8 heteroatoms. The normalized spacial score (nSPS) is 10.6. The summed E-state index contributed by atoms with van der Waals surface area (Å²) >= 11 is 6.64. The van der Waals surface area contributed by atoms with Crippen LogP contribution in [0.3, 0.4) is 0 Å². The van der Waals surface area contributed by atoms with Crippen molar-refractivity contribution in [2.24, 2.45) is 0 Å². The average molecular weight is 452 g/mol. The number of aryl methyl sites for hydroxylation is 1. The molecule has 2 N–H and O–H groups in total. The Bertz CT molecular complexity index is 1230. The van der Waals surface area contributed by atoms with Crippen LogP contribution in [0, 0.1) is 5.82 Å². The summed E-state index contributed by atoms with van der Waals surface area (Å²) in [5, 5.41) is 7.45. The number of thiocarbonyl (C=S) groups is 1. The van der Waals surface area contributed by atoms with Gasteiger partial charge in [-0.2, -0.15) is 0 Å². The molecule has 31 heavy (non-hydrogen) atoms. The van der Waals surface area contributed by atoms with Gasteiger partial charge in [-0.1, -0.05) is 30.3 Å². The van der Waals surface area contributed by atoms with E-state index >= 15 is 0 Å². The fourth-order valence-electron chi connectivity index (χ4n) is 2.96. The van der Waals surface area contributed by atoms with Gasteiger partial charge in [0.05, 0.1) is 10.2 Å². The number of ether oxygens (including phenoxy) is 1. The van der Waals surface area contributed by atoms with Gasteiger partial charge < -0.3 is 15.4 Å². The third-order valence-corrected chi connectivity index (χ3v) is 5.58. The maximum atomic E-state index is 14.6. The number of halogens is 1. The van der Waals surface area contributed by atoms with Crippen molar-refractivity contribution < 1.29 is 13.9 Å². The molecule has 0 fully saturated rings. The van der Waals surface area contributed by atoms with E-state index < -0.39 is 5.82 Å². The van der Waals surface area contributed by atoms with Gasteiger partial charge in [0.2, 0.25) is 5.91 Å². The number of nitrogens with zero attached hydrogens (tertiary/aromatic N) is 1. The maximum absolute atomic E-state index is 14.6. The summed E-state index contributed by atoms with van der Waals surface area (Å²) in [5.74, 6) is -0.130. The standard InChI is InChI=1S/C23H18FN3O2S2/c24-17-14-16(26-23(30)27-21(28)9-6-15-4-2-1-3-5-15)7-8-19(17)29-20-10-12-25-18-11-13-31-22(18)20/h1-5,7-8,10-14H,6,9H2,(H2,26,27,28,30). The van der Waals surface area contributed by atoms with Crippen molar-refractivity contribution in [2.45, 2.75) is 12.8 Å². The van der Waals surface area contributed by atoms with E-state index in [0.717, 1.165) is 15.8 Å². The van der Waals surface area contributed by atoms with Crippen LogP contribution in [0.2, 0.25) is 0 Å². The van der Waals surface area contributed by atoms with Gasteiger partial charge in [0, 0.05) is 30.4 Å². The largest absolute Gasteiger partial charge is 0.453 e. The van der Waals surface area contributed by atoms with Gasteiger partial charge in [-0.05, 0) is 47.8 Å². The highest BCUT2D eigenvalue weighted by atomic mass is 32.1. The Morgan fingerprint density at radius 3 is 2.74 bits per heavy atom. The van der Waals surface area contributed by atoms with Crippen molar-refractivity contribution >= 4 is 50.5 Å². The molecule has 0 spiro atoms. The Morgan fingerprint density at radius 2 is 1.94 bits per heavy atom. The second kappa shape index (κ2) is 9.63. The summed E-state index contributed by atoms with van der Waals surface area (Å²) in [6, 6.07) is 17.7. The molecule has 4 rings (SSSR count). The van der Waals surface area contributed by atoms with E-state index in [1.165, 1.54) is 23.5 Å². The molecule has 2 heterocycles. The SMILES string of the molecule is O=C(CCc1ccccc1)NC(=S)Nc1ccc(Oc2ccnc3ccsc23)c(F)c1. The second-order valence-electron chi connectivity index (χ2n) is 6.68. The number of nitrogens with one attached hydrogen (secondary N) is 2. The highest BCUT2D eigenvalue weighted by Crippen LogP contribution is 2.34. The van der Waals surface area contributed by atoms with Crippen LogP contribution < -0.4 is 15.4 Å². The van der Waals surface area contributed by atoms with Crippen molar-refractivity contribution in [1.82, 2.24) is 10.3 Å². The molecule has 0 saturated heterocycles. The van der Waals surface area contributed by atoms with E-state index in [4.69, 9.17) is 17.0 Å². The number of carbonyl (C=O) groups excluding carboxylic acids is 1. The number of thiophene rings is 1. The highest BCUT2D eigenvalue weighted by Gasteiger charge is 2.11. The number of pyridine rings is 1. The van der Waals surface area contributed by atoms with Crippen molar-refractivity contribution in [2.75, 3.05) is 5.32 Å². The first-order chi connectivity index (χ1) is 15.1. The Hall–Kier alpha value is -3.36. The quantitative estimate of drug-likeness (QED) is 0.370. The molecule has 0 atom stereocenters. The van der Waals surface area contributed by atoms with Crippen LogP contribution in [0.25, 0.3) is 10.2 Å². The minimum Gasteiger partial charge on any atom is -0.453 e. The van der Waals surface area contributed by atoms with Crippen LogP contribution in [0.1, 0.15) is 12.0 Å². The number of anilines is 1. The molecule has 0 unspecified atom stereocenters. The summed E-state index contributed by atoms with van der Waals surface area (Å²) in [4.78, 5) is 16.3. The van der Waals surface area contributed by atoms with Crippen LogP contribution in [0.4, 0.5) is 10.1 Å². The zero-order valence-electron chi connectivity index (χ0n) is 16.3. The molecule has 0 aliphatic carbocycles. The number of hydrogen-bond donors (Lipinski definition) is 2. The number of fused-ring (bicyclic) bond motifs is 1. The number of amides is 1. The van der Waals surface area contributed by atoms with Gasteiger partial charge in [-0.3, -0.25) is 9.78 Å². The third kappa shape index (κ3) is 5.42. The Labute approximate surface area is 187 Å². The number of benzene rings is 2. The lowest BCUT2D eigenvalue weighted by molar-refractivity contribution is -0.119. The molecule has 0 radical (unpaired) electrons. The molecule has 1 amide bonds. The third-order valence-electron chi connectivity index (χ3n) is 4.45. The predicted octanol–water partition coefficient (Wildman–Crippen LogP) is 5.67. The summed E-state index contributed by atoms with van der Waals surface area (Å²) in [6.07, 6.45) is 2.54. The van der Waals surface area contributed by atoms with Crippen LogP contribution in [-0.2, 0) is 11.2 Å². The summed E-state index contributed by atoms with van der Waals surface area (Å²) < 4.78 is 21.2. The molecule has 0 aliphatic rings. The molecule has 4 aromatic rings. The van der Waals surface area contributed by atoms with Crippen LogP contribution in [-0.4, -0.2) is 16.0 Å². The zero-order chi connectivity index (χ0) is 21.6. The van der Waals surface area contributed by atoms with E-state index in [1.807, 2.05) is 41.8 Å². The second-order valence-corrected chi connectivity index (χ2v) is 8.00. The van der Waals surface area contributed by atoms with Crippen molar-refractivity contribution in [1.29, 1.82) is 0 Å². The Balaban J connectivity index is 1.34. The van der Waals surface area contributed by atoms with Crippen LogP contribution >= 0.6 is 23.6 Å². The van der Waals surface area contributed by atoms with Crippen molar-refractivity contribution in [3.63, 3.8) is 0 Å². The molecule has 2 aromatic heterocycles. The monoisotopic (exact) mass is 451 g/mol. The van der Waals surface area contributed by atoms with Crippen molar-refractivity contribution in [3.8, 4) is 11.5 Å². The smallest absolute Gasteiger partial charge is 0.226 e. The first-order valence-corrected chi connectivity index (χ1v) is 10.8. The van der Waals surface area contributed by atoms with Crippen molar-refractivity contribution in [3.05, 3.63) is 83.6 Å². The van der Waals surface area contributed by atoms with Gasteiger partial charge in [0.1, 0.15) is 5.75 Å². The zero-order valence-corrected chi connectivity index (χ0v) is 17.9. The van der Waals surface area contributed by atoms with Gasteiger partial charge in [0.15, 0.2) is 16.7 Å². The lowest BCUT2D eigenvalue weighted by atomic mass is 10.1. The van der Waals surface area contributed by atoms with Gasteiger partial charge in [-0.25, -0.2) is 4.39 Å². The molecular formula is C23H18FN3O2S2. The first-order valence-electron chi connectivity index (χ1n) is 9.53. The molecular weight excluding hydrogens is 433 g/mol. The predicted molar refractivity (Wildman–Crippen MR) is 125 cm³/mol. The van der Waals surface area contributed by atoms with Crippen LogP contribution in [0.5, 0.6) is 11.5 Å². The van der Waals surface area contributed by atoms with Gasteiger partial charge >= 0.3 is 0 Å². The lowest BCUT2D eigenvalue weighted by Crippen LogP contribution is -2.34. The Morgan fingerprint density at radius 1 is 1.10 bits per heavy atom. The van der Waals surface area contributed by atoms with E-state index in [-0.39, 0.29) is 16.8 Å². The topological polar surface area (TPSA) is 63.2 Å². The van der Waals surface area contributed by atoms with E-state index in [9.17, 15) is 9.18 Å². The minimum absolute atomic E-state index is 0.0873. The fourth-order valence-corrected chi connectivity index (χ4v) is 4.00. The van der Waals surface area contributed by atoms with E-state index in [1.54, 1.807) is 18.3 Å². The highest BCUT2D eigenvalue weighted by molar-refractivity contribution is 7.80. The molecule has 2 aromatic carbocycles. The fraction of sp³-hybridized carbons (Fsp3) is 0.0870. The first kappa shape index (κ1) is 20.9. The number of aromatic nitrogens is 1. The molecule has 0 bridgehead atoms. The maximum Gasteiger partial charge on any atom is 0.226 e. The summed E-state index contributed by atoms with van der Waals surface area (Å²) in [5.41, 5.74) is 2.28. The number of hydrogen-bond acceptors (Lipinski definition) is 5. The average Bonchev–Trinajstić information content (AvgIpc) is 3.25. The summed E-state index contributed by atoms with van der Waals surface area (Å²) in [6.45, 7) is 0. The molecule has 5 nitrogen and oxygen atoms in total. The number of rotatable bonds is 6. The Kier molecular flexibility index (Phi) is 6.49. The minimum atomic E-state index is -0.551. The number of carbonyl (C=O) groups is 1. The summed E-state index contributed by atoms with van der Waals surface area (Å²) in [7, 11) is 0. The van der Waals surface area contributed by atoms with E-state index in [0.29, 0.717) is 24.3 Å². The van der Waals surface area contributed by atoms with Gasteiger partial charge in [0.25, 0.3) is 0 Å².